The Bertz CT molecular complexity index is 1250. The Morgan fingerprint density at radius 1 is 1.00 bits per heavy atom. The summed E-state index contributed by atoms with van der Waals surface area (Å²) in [5.41, 5.74) is 2.01. The van der Waals surface area contributed by atoms with Crippen LogP contribution >= 0.6 is 0 Å². The van der Waals surface area contributed by atoms with Crippen molar-refractivity contribution in [1.29, 1.82) is 0 Å². The lowest BCUT2D eigenvalue weighted by molar-refractivity contribution is 0.101. The van der Waals surface area contributed by atoms with E-state index in [9.17, 15) is 9.59 Å². The average Bonchev–Trinajstić information content (AvgIpc) is 3.20. The highest BCUT2D eigenvalue weighted by atomic mass is 16.5. The number of nitrogens with one attached hydrogen (secondary N) is 2. The minimum atomic E-state index is -0.540. The molecule has 9 heteroatoms. The predicted octanol–water partition coefficient (Wildman–Crippen LogP) is 2.95. The van der Waals surface area contributed by atoms with Gasteiger partial charge >= 0.3 is 0 Å². The molecule has 0 aliphatic rings. The van der Waals surface area contributed by atoms with Crippen molar-refractivity contribution < 1.29 is 14.3 Å². The van der Waals surface area contributed by atoms with E-state index in [1.165, 1.54) is 4.52 Å². The van der Waals surface area contributed by atoms with Crippen LogP contribution in [0.3, 0.4) is 0 Å². The average molecular weight is 402 g/mol. The molecule has 0 saturated heterocycles. The molecular weight excluding hydrogens is 384 g/mol. The van der Waals surface area contributed by atoms with Crippen molar-refractivity contribution in [3.63, 3.8) is 0 Å². The predicted molar refractivity (Wildman–Crippen MR) is 111 cm³/mol. The van der Waals surface area contributed by atoms with Gasteiger partial charge in [0, 0.05) is 23.6 Å². The molecule has 2 amide bonds. The number of hydrogen-bond donors (Lipinski definition) is 2. The first kappa shape index (κ1) is 19.1. The van der Waals surface area contributed by atoms with Gasteiger partial charge in [0.1, 0.15) is 5.75 Å². The summed E-state index contributed by atoms with van der Waals surface area (Å²) in [6, 6.07) is 15.5. The number of nitrogens with zero attached hydrogens (tertiary/aromatic N) is 4. The van der Waals surface area contributed by atoms with Gasteiger partial charge in [0.25, 0.3) is 17.6 Å². The van der Waals surface area contributed by atoms with E-state index >= 15 is 0 Å². The van der Waals surface area contributed by atoms with Gasteiger partial charge in [-0.15, -0.1) is 5.10 Å². The van der Waals surface area contributed by atoms with Gasteiger partial charge in [0.05, 0.1) is 18.4 Å². The number of carbonyl (C=O) groups is 2. The molecule has 9 nitrogen and oxygen atoms in total. The number of fused-ring (bicyclic) bond motifs is 1. The van der Waals surface area contributed by atoms with Crippen molar-refractivity contribution >= 4 is 29.0 Å². The SMILES string of the molecule is COc1cccc(NC(=O)c2ccccc2NC(=O)c2nc3nccc(C)n3n2)c1. The summed E-state index contributed by atoms with van der Waals surface area (Å²) in [5, 5.41) is 9.69. The number of rotatable bonds is 5. The number of carbonyl (C=O) groups excluding carboxylic acids is 2. The first-order valence-electron chi connectivity index (χ1n) is 9.09. The molecule has 0 radical (unpaired) electrons. The van der Waals surface area contributed by atoms with E-state index < -0.39 is 5.91 Å². The molecule has 30 heavy (non-hydrogen) atoms. The van der Waals surface area contributed by atoms with Crippen LogP contribution in [-0.2, 0) is 0 Å². The lowest BCUT2D eigenvalue weighted by Gasteiger charge is -2.11. The molecule has 0 spiro atoms. The highest BCUT2D eigenvalue weighted by Gasteiger charge is 2.18. The molecule has 4 rings (SSSR count). The van der Waals surface area contributed by atoms with Gasteiger partial charge in [0.15, 0.2) is 0 Å². The van der Waals surface area contributed by atoms with E-state index in [1.54, 1.807) is 67.9 Å². The molecule has 0 aliphatic carbocycles. The standard InChI is InChI=1S/C21H18N6O3/c1-13-10-11-22-21-25-18(26-27(13)21)20(29)24-17-9-4-3-8-16(17)19(28)23-14-6-5-7-15(12-14)30-2/h3-12H,1-2H3,(H,23,28)(H,24,29). The fourth-order valence-corrected chi connectivity index (χ4v) is 2.87. The smallest absolute Gasteiger partial charge is 0.295 e. The minimum Gasteiger partial charge on any atom is -0.497 e. The molecule has 4 aromatic rings. The Balaban J connectivity index is 1.57. The molecule has 2 aromatic carbocycles. The third-order valence-electron chi connectivity index (χ3n) is 4.38. The van der Waals surface area contributed by atoms with E-state index in [0.29, 0.717) is 28.5 Å². The van der Waals surface area contributed by atoms with Gasteiger partial charge in [-0.3, -0.25) is 9.59 Å². The second-order valence-corrected chi connectivity index (χ2v) is 6.42. The molecule has 0 saturated carbocycles. The van der Waals surface area contributed by atoms with Crippen LogP contribution < -0.4 is 15.4 Å². The number of amides is 2. The Labute approximate surface area is 171 Å². The summed E-state index contributed by atoms with van der Waals surface area (Å²) in [6.07, 6.45) is 1.60. The fraction of sp³-hybridized carbons (Fsp3) is 0.0952. The van der Waals surface area contributed by atoms with Gasteiger partial charge in [-0.1, -0.05) is 18.2 Å². The monoisotopic (exact) mass is 402 g/mol. The molecule has 2 N–H and O–H groups in total. The number of aromatic nitrogens is 4. The maximum atomic E-state index is 12.8. The highest BCUT2D eigenvalue weighted by Crippen LogP contribution is 2.21. The van der Waals surface area contributed by atoms with E-state index in [1.807, 2.05) is 6.92 Å². The number of aryl methyl sites for hydroxylation is 1. The van der Waals surface area contributed by atoms with Gasteiger partial charge in [-0.05, 0) is 37.3 Å². The number of para-hydroxylation sites is 1. The van der Waals surface area contributed by atoms with Crippen molar-refractivity contribution in [3.8, 4) is 5.75 Å². The van der Waals surface area contributed by atoms with E-state index in [0.717, 1.165) is 5.69 Å². The second-order valence-electron chi connectivity index (χ2n) is 6.42. The summed E-state index contributed by atoms with van der Waals surface area (Å²) in [6.45, 7) is 1.84. The minimum absolute atomic E-state index is 0.0418. The second kappa shape index (κ2) is 8.00. The normalized spacial score (nSPS) is 10.6. The molecule has 2 aromatic heterocycles. The molecule has 0 fully saturated rings. The van der Waals surface area contributed by atoms with Crippen LogP contribution in [0.4, 0.5) is 11.4 Å². The third-order valence-corrected chi connectivity index (χ3v) is 4.38. The Hall–Kier alpha value is -4.27. The summed E-state index contributed by atoms with van der Waals surface area (Å²) < 4.78 is 6.65. The zero-order valence-corrected chi connectivity index (χ0v) is 16.3. The summed E-state index contributed by atoms with van der Waals surface area (Å²) in [4.78, 5) is 33.7. The van der Waals surface area contributed by atoms with Crippen LogP contribution in [0, 0.1) is 6.92 Å². The van der Waals surface area contributed by atoms with Crippen LogP contribution in [-0.4, -0.2) is 38.5 Å². The number of benzene rings is 2. The number of hydrogen-bond acceptors (Lipinski definition) is 6. The molecule has 0 bridgehead atoms. The first-order chi connectivity index (χ1) is 14.5. The van der Waals surface area contributed by atoms with E-state index in [2.05, 4.69) is 25.7 Å². The highest BCUT2D eigenvalue weighted by molar-refractivity contribution is 6.11. The lowest BCUT2D eigenvalue weighted by Crippen LogP contribution is -2.19. The van der Waals surface area contributed by atoms with E-state index in [4.69, 9.17) is 4.74 Å². The van der Waals surface area contributed by atoms with Gasteiger partial charge in [0.2, 0.25) is 5.82 Å². The maximum Gasteiger partial charge on any atom is 0.295 e. The lowest BCUT2D eigenvalue weighted by atomic mass is 10.1. The van der Waals surface area contributed by atoms with Crippen molar-refractivity contribution in [2.75, 3.05) is 17.7 Å². The van der Waals surface area contributed by atoms with Crippen molar-refractivity contribution in [2.45, 2.75) is 6.92 Å². The number of anilines is 2. The first-order valence-corrected chi connectivity index (χ1v) is 9.09. The number of methoxy groups -OCH3 is 1. The zero-order chi connectivity index (χ0) is 21.1. The summed E-state index contributed by atoms with van der Waals surface area (Å²) >= 11 is 0. The third kappa shape index (κ3) is 3.81. The van der Waals surface area contributed by atoms with Crippen LogP contribution in [0.5, 0.6) is 5.75 Å². The summed E-state index contributed by atoms with van der Waals surface area (Å²) in [5.74, 6) is -0.0126. The molecule has 0 aliphatic heterocycles. The van der Waals surface area contributed by atoms with Crippen molar-refractivity contribution in [1.82, 2.24) is 19.6 Å². The number of ether oxygens (including phenoxy) is 1. The maximum absolute atomic E-state index is 12.8. The van der Waals surface area contributed by atoms with Gasteiger partial charge < -0.3 is 15.4 Å². The zero-order valence-electron chi connectivity index (χ0n) is 16.3. The topological polar surface area (TPSA) is 111 Å². The summed E-state index contributed by atoms with van der Waals surface area (Å²) in [7, 11) is 1.55. The molecule has 150 valence electrons. The van der Waals surface area contributed by atoms with E-state index in [-0.39, 0.29) is 11.7 Å². The van der Waals surface area contributed by atoms with Crippen molar-refractivity contribution in [2.24, 2.45) is 0 Å². The quantitative estimate of drug-likeness (QED) is 0.531. The Morgan fingerprint density at radius 3 is 2.63 bits per heavy atom. The molecule has 2 heterocycles. The largest absolute Gasteiger partial charge is 0.497 e. The fourth-order valence-electron chi connectivity index (χ4n) is 2.87. The van der Waals surface area contributed by atoms with Crippen LogP contribution in [0.2, 0.25) is 0 Å². The molecule has 0 atom stereocenters. The van der Waals surface area contributed by atoms with Gasteiger partial charge in [-0.25, -0.2) is 9.50 Å². The van der Waals surface area contributed by atoms with Gasteiger partial charge in [-0.2, -0.15) is 4.98 Å². The van der Waals surface area contributed by atoms with Crippen LogP contribution in [0.1, 0.15) is 26.7 Å². The Kier molecular flexibility index (Phi) is 5.08. The van der Waals surface area contributed by atoms with Crippen LogP contribution in [0.25, 0.3) is 5.78 Å². The Morgan fingerprint density at radius 2 is 1.83 bits per heavy atom. The molecule has 0 unspecified atom stereocenters. The van der Waals surface area contributed by atoms with Crippen molar-refractivity contribution in [3.05, 3.63) is 77.9 Å². The van der Waals surface area contributed by atoms with Crippen LogP contribution in [0.15, 0.2) is 60.8 Å². The molecular formula is C21H18N6O3.